The molecule has 0 aliphatic heterocycles. The van der Waals surface area contributed by atoms with Crippen molar-refractivity contribution in [3.05, 3.63) is 107 Å². The summed E-state index contributed by atoms with van der Waals surface area (Å²) in [5.41, 5.74) is 6.21. The molecule has 4 aromatic rings. The normalized spacial score (nSPS) is 13.0. The maximum absolute atomic E-state index is 6.27. The Balaban J connectivity index is 1.84. The third kappa shape index (κ3) is 3.55. The summed E-state index contributed by atoms with van der Waals surface area (Å²) in [6, 6.07) is 28.2. The van der Waals surface area contributed by atoms with Crippen molar-refractivity contribution in [1.82, 2.24) is 0 Å². The maximum Gasteiger partial charge on any atom is 0.134 e. The molecular weight excluding hydrogens is 328 g/mol. The van der Waals surface area contributed by atoms with Crippen LogP contribution >= 0.6 is 0 Å². The molecule has 1 heteroatoms. The van der Waals surface area contributed by atoms with Gasteiger partial charge in [-0.15, -0.1) is 0 Å². The molecule has 0 bridgehead atoms. The molecule has 136 valence electrons. The van der Waals surface area contributed by atoms with Crippen molar-refractivity contribution >= 4 is 11.0 Å². The van der Waals surface area contributed by atoms with E-state index in [2.05, 4.69) is 94.4 Å². The average Bonchev–Trinajstić information content (AvgIpc) is 3.07. The Morgan fingerprint density at radius 1 is 0.741 bits per heavy atom. The van der Waals surface area contributed by atoms with Gasteiger partial charge in [-0.2, -0.15) is 0 Å². The predicted octanol–water partition coefficient (Wildman–Crippen LogP) is 7.22. The van der Waals surface area contributed by atoms with Gasteiger partial charge in [-0.1, -0.05) is 93.1 Å². The van der Waals surface area contributed by atoms with Gasteiger partial charge >= 0.3 is 0 Å². The monoisotopic (exact) mass is 354 g/mol. The molecule has 0 amide bonds. The van der Waals surface area contributed by atoms with Crippen molar-refractivity contribution in [3.8, 4) is 0 Å². The fourth-order valence-electron chi connectivity index (χ4n) is 3.60. The first-order valence-electron chi connectivity index (χ1n) is 9.57. The molecule has 1 atom stereocenters. The first-order valence-corrected chi connectivity index (χ1v) is 9.57. The van der Waals surface area contributed by atoms with Crippen LogP contribution in [0.5, 0.6) is 0 Å². The fraction of sp³-hybridized carbons (Fsp3) is 0.231. The lowest BCUT2D eigenvalue weighted by atomic mass is 9.83. The molecule has 0 aliphatic rings. The topological polar surface area (TPSA) is 13.1 Å². The Bertz CT molecular complexity index is 1010. The lowest BCUT2D eigenvalue weighted by molar-refractivity contribution is 0.541. The van der Waals surface area contributed by atoms with Crippen molar-refractivity contribution in [1.29, 1.82) is 0 Å². The summed E-state index contributed by atoms with van der Waals surface area (Å²) in [7, 11) is 0. The van der Waals surface area contributed by atoms with Gasteiger partial charge in [0.25, 0.3) is 0 Å². The van der Waals surface area contributed by atoms with Gasteiger partial charge in [0.1, 0.15) is 11.3 Å². The van der Waals surface area contributed by atoms with Crippen LogP contribution in [0.4, 0.5) is 0 Å². The Hall–Kier alpha value is -2.80. The molecule has 0 fully saturated rings. The van der Waals surface area contributed by atoms with E-state index in [0.717, 1.165) is 16.7 Å². The Morgan fingerprint density at radius 3 is 1.93 bits per heavy atom. The number of hydrogen-bond donors (Lipinski definition) is 0. The van der Waals surface area contributed by atoms with Crippen LogP contribution in [0.3, 0.4) is 0 Å². The first-order chi connectivity index (χ1) is 12.9. The number of furan rings is 1. The third-order valence-corrected chi connectivity index (χ3v) is 5.25. The lowest BCUT2D eigenvalue weighted by Gasteiger charge is -2.21. The molecule has 1 aromatic heterocycles. The van der Waals surface area contributed by atoms with E-state index in [1.165, 1.54) is 22.3 Å². The molecule has 1 heterocycles. The van der Waals surface area contributed by atoms with E-state index in [1.807, 2.05) is 12.1 Å². The van der Waals surface area contributed by atoms with Crippen molar-refractivity contribution in [2.75, 3.05) is 0 Å². The smallest absolute Gasteiger partial charge is 0.134 e. The van der Waals surface area contributed by atoms with Crippen LogP contribution in [-0.4, -0.2) is 0 Å². The van der Waals surface area contributed by atoms with Crippen LogP contribution < -0.4 is 0 Å². The van der Waals surface area contributed by atoms with Crippen LogP contribution in [0.2, 0.25) is 0 Å². The second-order valence-corrected chi connectivity index (χ2v) is 8.40. The van der Waals surface area contributed by atoms with E-state index in [1.54, 1.807) is 0 Å². The van der Waals surface area contributed by atoms with Crippen molar-refractivity contribution < 1.29 is 4.42 Å². The number of hydrogen-bond acceptors (Lipinski definition) is 1. The summed E-state index contributed by atoms with van der Waals surface area (Å²) >= 11 is 0. The SMILES string of the molecule is Cc1ccc(C(c2ccc(C(C)(C)C)cc2)c2cc3ccccc3o2)cc1. The van der Waals surface area contributed by atoms with Crippen molar-refractivity contribution in [3.63, 3.8) is 0 Å². The second kappa shape index (κ2) is 6.74. The highest BCUT2D eigenvalue weighted by molar-refractivity contribution is 5.78. The van der Waals surface area contributed by atoms with Crippen LogP contribution in [0.15, 0.2) is 83.3 Å². The molecule has 0 saturated heterocycles. The minimum Gasteiger partial charge on any atom is -0.460 e. The summed E-state index contributed by atoms with van der Waals surface area (Å²) in [6.45, 7) is 8.87. The zero-order valence-corrected chi connectivity index (χ0v) is 16.5. The van der Waals surface area contributed by atoms with Crippen LogP contribution in [0.25, 0.3) is 11.0 Å². The summed E-state index contributed by atoms with van der Waals surface area (Å²) in [5, 5.41) is 1.15. The minimum absolute atomic E-state index is 0.0898. The van der Waals surface area contributed by atoms with Gasteiger partial charge in [0.2, 0.25) is 0 Å². The fourth-order valence-corrected chi connectivity index (χ4v) is 3.60. The van der Waals surface area contributed by atoms with Gasteiger partial charge in [0.15, 0.2) is 0 Å². The number of aryl methyl sites for hydroxylation is 1. The van der Waals surface area contributed by atoms with Gasteiger partial charge in [-0.25, -0.2) is 0 Å². The van der Waals surface area contributed by atoms with Crippen LogP contribution in [-0.2, 0) is 5.41 Å². The van der Waals surface area contributed by atoms with Gasteiger partial charge in [0, 0.05) is 5.39 Å². The maximum atomic E-state index is 6.27. The molecule has 0 saturated carbocycles. The molecule has 1 nitrogen and oxygen atoms in total. The van der Waals surface area contributed by atoms with E-state index in [9.17, 15) is 0 Å². The largest absolute Gasteiger partial charge is 0.460 e. The molecule has 0 aliphatic carbocycles. The highest BCUT2D eigenvalue weighted by Gasteiger charge is 2.22. The zero-order valence-electron chi connectivity index (χ0n) is 16.5. The molecule has 0 radical (unpaired) electrons. The summed E-state index contributed by atoms with van der Waals surface area (Å²) in [5.74, 6) is 1.08. The molecule has 1 unspecified atom stereocenters. The number of rotatable bonds is 3. The highest BCUT2D eigenvalue weighted by Crippen LogP contribution is 2.36. The highest BCUT2D eigenvalue weighted by atomic mass is 16.3. The molecule has 27 heavy (non-hydrogen) atoms. The Labute approximate surface area is 161 Å². The predicted molar refractivity (Wildman–Crippen MR) is 113 cm³/mol. The minimum atomic E-state index is 0.0898. The summed E-state index contributed by atoms with van der Waals surface area (Å²) in [6.07, 6.45) is 0. The average molecular weight is 354 g/mol. The number of benzene rings is 3. The van der Waals surface area contributed by atoms with Gasteiger partial charge in [-0.3, -0.25) is 0 Å². The third-order valence-electron chi connectivity index (χ3n) is 5.25. The molecular formula is C26H26O. The van der Waals surface area contributed by atoms with Crippen LogP contribution in [0.1, 0.15) is 54.7 Å². The lowest BCUT2D eigenvalue weighted by Crippen LogP contribution is -2.11. The van der Waals surface area contributed by atoms with E-state index in [4.69, 9.17) is 4.42 Å². The van der Waals surface area contributed by atoms with E-state index < -0.39 is 0 Å². The molecule has 4 rings (SSSR count). The quantitative estimate of drug-likeness (QED) is 0.378. The Morgan fingerprint density at radius 2 is 1.33 bits per heavy atom. The van der Waals surface area contributed by atoms with Crippen molar-refractivity contribution in [2.24, 2.45) is 0 Å². The number of fused-ring (bicyclic) bond motifs is 1. The Kier molecular flexibility index (Phi) is 4.39. The van der Waals surface area contributed by atoms with Crippen LogP contribution in [0, 0.1) is 6.92 Å². The molecule has 3 aromatic carbocycles. The number of para-hydroxylation sites is 1. The van der Waals surface area contributed by atoms with Gasteiger partial charge < -0.3 is 4.42 Å². The van der Waals surface area contributed by atoms with E-state index in [-0.39, 0.29) is 11.3 Å². The standard InChI is InChI=1S/C26H26O/c1-18-9-11-19(12-10-18)25(20-13-15-22(16-14-20)26(2,3)4)24-17-21-7-5-6-8-23(21)27-24/h5-17,25H,1-4H3. The second-order valence-electron chi connectivity index (χ2n) is 8.40. The van der Waals surface area contributed by atoms with E-state index >= 15 is 0 Å². The first kappa shape index (κ1) is 17.6. The molecule has 0 spiro atoms. The zero-order chi connectivity index (χ0) is 19.0. The summed E-state index contributed by atoms with van der Waals surface area (Å²) < 4.78 is 6.27. The van der Waals surface area contributed by atoms with Gasteiger partial charge in [-0.05, 0) is 41.2 Å². The summed E-state index contributed by atoms with van der Waals surface area (Å²) in [4.78, 5) is 0. The molecule has 0 N–H and O–H groups in total. The van der Waals surface area contributed by atoms with Crippen molar-refractivity contribution in [2.45, 2.75) is 39.0 Å². The van der Waals surface area contributed by atoms with E-state index in [0.29, 0.717) is 0 Å². The van der Waals surface area contributed by atoms with Gasteiger partial charge in [0.05, 0.1) is 5.92 Å².